The molecule has 2 heterocycles. The summed E-state index contributed by atoms with van der Waals surface area (Å²) in [5, 5.41) is 1.94. The van der Waals surface area contributed by atoms with E-state index in [0.717, 1.165) is 52.9 Å². The Morgan fingerprint density at radius 1 is 1.10 bits per heavy atom. The smallest absolute Gasteiger partial charge is 0.290 e. The first kappa shape index (κ1) is 20.5. The highest BCUT2D eigenvalue weighted by Gasteiger charge is 2.24. The van der Waals surface area contributed by atoms with E-state index in [9.17, 15) is 9.59 Å². The number of imide groups is 1. The highest BCUT2D eigenvalue weighted by molar-refractivity contribution is 8.18. The van der Waals surface area contributed by atoms with Crippen molar-refractivity contribution in [1.29, 1.82) is 0 Å². The van der Waals surface area contributed by atoms with E-state index < -0.39 is 0 Å². The summed E-state index contributed by atoms with van der Waals surface area (Å²) < 4.78 is 5.82. The zero-order valence-corrected chi connectivity index (χ0v) is 18.0. The van der Waals surface area contributed by atoms with Crippen molar-refractivity contribution in [3.05, 3.63) is 76.5 Å². The maximum atomic E-state index is 11.6. The summed E-state index contributed by atoms with van der Waals surface area (Å²) in [7, 11) is 0. The van der Waals surface area contributed by atoms with Crippen LogP contribution < -0.4 is 5.32 Å². The number of oxazole rings is 1. The lowest BCUT2D eigenvalue weighted by Crippen LogP contribution is -2.17. The molecule has 5 nitrogen and oxygen atoms in total. The highest BCUT2D eigenvalue weighted by atomic mass is 32.2. The number of hydrogen-bond donors (Lipinski definition) is 1. The van der Waals surface area contributed by atoms with E-state index in [1.165, 1.54) is 4.90 Å². The van der Waals surface area contributed by atoms with E-state index in [0.29, 0.717) is 10.8 Å². The lowest BCUT2D eigenvalue weighted by molar-refractivity contribution is -0.115. The molecule has 2 amide bonds. The zero-order chi connectivity index (χ0) is 20.9. The summed E-state index contributed by atoms with van der Waals surface area (Å²) in [6.45, 7) is 1.96. The van der Waals surface area contributed by atoms with Gasteiger partial charge in [-0.1, -0.05) is 30.3 Å². The van der Waals surface area contributed by atoms with Crippen molar-refractivity contribution in [3.63, 3.8) is 0 Å². The van der Waals surface area contributed by atoms with Crippen LogP contribution in [0.15, 0.2) is 68.8 Å². The van der Waals surface area contributed by atoms with Gasteiger partial charge in [0.1, 0.15) is 5.76 Å². The van der Waals surface area contributed by atoms with Gasteiger partial charge in [-0.05, 0) is 73.2 Å². The average Bonchev–Trinajstić information content (AvgIpc) is 3.28. The van der Waals surface area contributed by atoms with Crippen LogP contribution in [-0.2, 0) is 11.2 Å². The summed E-state index contributed by atoms with van der Waals surface area (Å²) in [5.74, 6) is 2.20. The van der Waals surface area contributed by atoms with Crippen LogP contribution in [0.4, 0.5) is 4.79 Å². The molecule has 30 heavy (non-hydrogen) atoms. The first-order valence-corrected chi connectivity index (χ1v) is 11.4. The summed E-state index contributed by atoms with van der Waals surface area (Å²) >= 11 is 2.71. The minimum Gasteiger partial charge on any atom is -0.441 e. The Morgan fingerprint density at radius 3 is 2.57 bits per heavy atom. The molecule has 1 aromatic heterocycles. The molecule has 0 radical (unpaired) electrons. The molecule has 1 fully saturated rings. The summed E-state index contributed by atoms with van der Waals surface area (Å²) in [4.78, 5) is 29.1. The van der Waals surface area contributed by atoms with Gasteiger partial charge in [-0.15, -0.1) is 11.8 Å². The fourth-order valence-electron chi connectivity index (χ4n) is 3.03. The van der Waals surface area contributed by atoms with E-state index >= 15 is 0 Å². The number of amides is 2. The van der Waals surface area contributed by atoms with Gasteiger partial charge in [-0.3, -0.25) is 14.9 Å². The van der Waals surface area contributed by atoms with Crippen molar-refractivity contribution in [2.24, 2.45) is 0 Å². The van der Waals surface area contributed by atoms with E-state index in [4.69, 9.17) is 4.42 Å². The topological polar surface area (TPSA) is 72.2 Å². The number of hydrogen-bond acceptors (Lipinski definition) is 6. The third kappa shape index (κ3) is 5.04. The lowest BCUT2D eigenvalue weighted by Gasteiger charge is -2.02. The molecular weight excluding hydrogens is 416 g/mol. The number of nitrogens with zero attached hydrogens (tertiary/aromatic N) is 1. The van der Waals surface area contributed by atoms with Crippen LogP contribution in [0.5, 0.6) is 0 Å². The van der Waals surface area contributed by atoms with Gasteiger partial charge in [-0.2, -0.15) is 0 Å². The number of thioether (sulfide) groups is 2. The zero-order valence-electron chi connectivity index (χ0n) is 16.4. The predicted octanol–water partition coefficient (Wildman–Crippen LogP) is 5.70. The molecule has 3 aromatic rings. The number of carbonyl (C=O) groups excluding carboxylic acids is 2. The summed E-state index contributed by atoms with van der Waals surface area (Å²) in [6.07, 6.45) is 3.60. The first-order valence-electron chi connectivity index (χ1n) is 9.58. The molecule has 1 aliphatic heterocycles. The molecule has 0 bridgehead atoms. The Balaban J connectivity index is 1.28. The quantitative estimate of drug-likeness (QED) is 0.291. The van der Waals surface area contributed by atoms with Crippen LogP contribution in [-0.4, -0.2) is 21.9 Å². The Bertz CT molecular complexity index is 1090. The van der Waals surface area contributed by atoms with Gasteiger partial charge in [0.05, 0.1) is 10.6 Å². The monoisotopic (exact) mass is 436 g/mol. The highest BCUT2D eigenvalue weighted by Crippen LogP contribution is 2.27. The van der Waals surface area contributed by atoms with Crippen LogP contribution >= 0.6 is 23.5 Å². The Morgan fingerprint density at radius 2 is 1.87 bits per heavy atom. The summed E-state index contributed by atoms with van der Waals surface area (Å²) in [5.41, 5.74) is 2.91. The van der Waals surface area contributed by atoms with E-state index in [1.54, 1.807) is 17.8 Å². The van der Waals surface area contributed by atoms with Crippen LogP contribution in [0.2, 0.25) is 0 Å². The van der Waals surface area contributed by atoms with Gasteiger partial charge in [0, 0.05) is 10.5 Å². The second kappa shape index (κ2) is 9.36. The third-order valence-electron chi connectivity index (χ3n) is 4.56. The van der Waals surface area contributed by atoms with Gasteiger partial charge in [0.2, 0.25) is 5.89 Å². The second-order valence-corrected chi connectivity index (χ2v) is 8.94. The molecule has 152 valence electrons. The number of nitrogens with one attached hydrogen (secondary N) is 1. The SMILES string of the molecule is Cc1oc(-c2ccccc2)nc1CCCSc1ccc(C=C2SC(=O)NC2=O)cc1. The molecule has 4 rings (SSSR count). The van der Waals surface area contributed by atoms with E-state index in [1.807, 2.05) is 61.5 Å². The molecule has 7 heteroatoms. The Hall–Kier alpha value is -2.77. The fourth-order valence-corrected chi connectivity index (χ4v) is 4.56. The van der Waals surface area contributed by atoms with Crippen molar-refractivity contribution >= 4 is 40.7 Å². The molecule has 0 spiro atoms. The number of benzene rings is 2. The van der Waals surface area contributed by atoms with Gasteiger partial charge < -0.3 is 4.42 Å². The van der Waals surface area contributed by atoms with Crippen LogP contribution in [0.1, 0.15) is 23.4 Å². The number of aryl methyl sites for hydroxylation is 2. The van der Waals surface area contributed by atoms with Gasteiger partial charge in [0.15, 0.2) is 0 Å². The lowest BCUT2D eigenvalue weighted by atomic mass is 10.2. The second-order valence-electron chi connectivity index (χ2n) is 6.76. The average molecular weight is 437 g/mol. The van der Waals surface area contributed by atoms with Gasteiger partial charge >= 0.3 is 0 Å². The first-order chi connectivity index (χ1) is 14.6. The van der Waals surface area contributed by atoms with E-state index in [-0.39, 0.29) is 11.1 Å². The molecule has 0 aliphatic carbocycles. The molecule has 0 unspecified atom stereocenters. The minimum absolute atomic E-state index is 0.323. The molecule has 0 saturated carbocycles. The Labute approximate surface area is 183 Å². The van der Waals surface area contributed by atoms with Gasteiger partial charge in [-0.25, -0.2) is 4.98 Å². The molecule has 1 saturated heterocycles. The molecule has 2 aromatic carbocycles. The maximum Gasteiger partial charge on any atom is 0.290 e. The fraction of sp³-hybridized carbons (Fsp3) is 0.174. The van der Waals surface area contributed by atoms with Crippen molar-refractivity contribution < 1.29 is 14.0 Å². The third-order valence-corrected chi connectivity index (χ3v) is 6.47. The molecule has 0 atom stereocenters. The van der Waals surface area contributed by atoms with Crippen LogP contribution in [0.3, 0.4) is 0 Å². The minimum atomic E-state index is -0.331. The standard InChI is InChI=1S/C23H20N2O3S2/c1-15-19(24-22(28-15)17-6-3-2-4-7-17)8-5-13-29-18-11-9-16(10-12-18)14-20-21(26)25-23(27)30-20/h2-4,6-7,9-12,14H,5,8,13H2,1H3,(H,25,26,27). The molecule has 1 N–H and O–H groups in total. The summed E-state index contributed by atoms with van der Waals surface area (Å²) in [6, 6.07) is 17.9. The van der Waals surface area contributed by atoms with Crippen molar-refractivity contribution in [1.82, 2.24) is 10.3 Å². The Kier molecular flexibility index (Phi) is 6.40. The number of carbonyl (C=O) groups is 2. The molecular formula is C23H20N2O3S2. The maximum absolute atomic E-state index is 11.6. The van der Waals surface area contributed by atoms with Crippen molar-refractivity contribution in [2.75, 3.05) is 5.75 Å². The van der Waals surface area contributed by atoms with Crippen molar-refractivity contribution in [2.45, 2.75) is 24.7 Å². The number of aromatic nitrogens is 1. The van der Waals surface area contributed by atoms with E-state index in [2.05, 4.69) is 10.3 Å². The normalized spacial score (nSPS) is 15.0. The van der Waals surface area contributed by atoms with Crippen LogP contribution in [0, 0.1) is 6.92 Å². The van der Waals surface area contributed by atoms with Gasteiger partial charge in [0.25, 0.3) is 11.1 Å². The predicted molar refractivity (Wildman–Crippen MR) is 121 cm³/mol. The molecule has 1 aliphatic rings. The largest absolute Gasteiger partial charge is 0.441 e. The number of rotatable bonds is 7. The van der Waals surface area contributed by atoms with Crippen molar-refractivity contribution in [3.8, 4) is 11.5 Å². The van der Waals surface area contributed by atoms with Crippen LogP contribution in [0.25, 0.3) is 17.5 Å².